The van der Waals surface area contributed by atoms with E-state index in [1.165, 1.54) is 144 Å². The van der Waals surface area contributed by atoms with E-state index in [-0.39, 0.29) is 5.41 Å². The predicted octanol–water partition coefficient (Wildman–Crippen LogP) is 15.0. The molecule has 4 nitrogen and oxygen atoms in total. The summed E-state index contributed by atoms with van der Waals surface area (Å²) in [7, 11) is -0.888. The van der Waals surface area contributed by atoms with Gasteiger partial charge in [-0.3, -0.25) is 0 Å². The van der Waals surface area contributed by atoms with E-state index in [9.17, 15) is 0 Å². The van der Waals surface area contributed by atoms with E-state index >= 15 is 0 Å². The Labute approximate surface area is 412 Å². The lowest BCUT2D eigenvalue weighted by Gasteiger charge is -2.35. The Morgan fingerprint density at radius 2 is 0.706 bits per heavy atom. The maximum absolute atomic E-state index is 6.80. The topological polar surface area (TPSA) is 36.9 Å². The molecule has 358 valence electrons. The molecule has 2 aliphatic heterocycles. The smallest absolute Gasteiger partial charge is 0.399 e. The van der Waals surface area contributed by atoms with Crippen molar-refractivity contribution in [1.82, 2.24) is 0 Å². The Hall–Kier alpha value is -3.93. The van der Waals surface area contributed by atoms with Crippen molar-refractivity contribution >= 4 is 25.2 Å². The molecule has 4 aliphatic rings. The van der Waals surface area contributed by atoms with Gasteiger partial charge in [0.2, 0.25) is 0 Å². The number of fused-ring (bicyclic) bond motifs is 6. The lowest BCUT2D eigenvalue weighted by Crippen LogP contribution is -2.41. The molecule has 0 bridgehead atoms. The van der Waals surface area contributed by atoms with E-state index in [0.29, 0.717) is 0 Å². The molecule has 2 heterocycles. The molecule has 0 saturated carbocycles. The lowest BCUT2D eigenvalue weighted by atomic mass is 9.65. The van der Waals surface area contributed by atoms with Crippen LogP contribution in [0.2, 0.25) is 0 Å². The SMILES string of the molecule is CCCCCCCCC1(CCCCCCCC)c2cc(B3OC(C)(C)C(C)(C)O3)ccc2-c2cc3c(cc21)-c1ccc(B2OC(C)(C)C(C)(C)O2)cc1C3(c1ccc(C)cc1)c1ccc(C)cc1. The van der Waals surface area contributed by atoms with Crippen molar-refractivity contribution in [3.8, 4) is 22.3 Å². The number of rotatable bonds is 18. The fourth-order valence-electron chi connectivity index (χ4n) is 12.1. The molecule has 5 aromatic rings. The Morgan fingerprint density at radius 1 is 0.368 bits per heavy atom. The molecule has 0 atom stereocenters. The first kappa shape index (κ1) is 49.1. The molecular formula is C62H80B2O4. The maximum Gasteiger partial charge on any atom is 0.494 e. The van der Waals surface area contributed by atoms with E-state index in [4.69, 9.17) is 18.6 Å². The molecule has 2 fully saturated rings. The normalized spacial score (nSPS) is 19.5. The van der Waals surface area contributed by atoms with Gasteiger partial charge in [-0.2, -0.15) is 0 Å². The van der Waals surface area contributed by atoms with Crippen LogP contribution in [-0.4, -0.2) is 36.6 Å². The highest BCUT2D eigenvalue weighted by Gasteiger charge is 2.55. The fourth-order valence-corrected chi connectivity index (χ4v) is 12.1. The van der Waals surface area contributed by atoms with E-state index in [1.54, 1.807) is 0 Å². The van der Waals surface area contributed by atoms with Crippen LogP contribution in [0.5, 0.6) is 0 Å². The number of unbranched alkanes of at least 4 members (excludes halogenated alkanes) is 10. The van der Waals surface area contributed by atoms with E-state index in [0.717, 1.165) is 23.8 Å². The van der Waals surface area contributed by atoms with Gasteiger partial charge in [0.1, 0.15) is 0 Å². The zero-order valence-electron chi connectivity index (χ0n) is 43.9. The summed E-state index contributed by atoms with van der Waals surface area (Å²) in [5.41, 5.74) is 15.8. The second-order valence-corrected chi connectivity index (χ2v) is 23.3. The Morgan fingerprint density at radius 3 is 1.15 bits per heavy atom. The summed E-state index contributed by atoms with van der Waals surface area (Å²) in [6.07, 6.45) is 17.6. The predicted molar refractivity (Wildman–Crippen MR) is 287 cm³/mol. The van der Waals surface area contributed by atoms with Crippen LogP contribution in [0, 0.1) is 13.8 Å². The summed E-state index contributed by atoms with van der Waals surface area (Å²) < 4.78 is 27.2. The van der Waals surface area contributed by atoms with Crippen LogP contribution in [0.25, 0.3) is 22.3 Å². The second kappa shape index (κ2) is 18.7. The minimum absolute atomic E-state index is 0.142. The van der Waals surface area contributed by atoms with Crippen molar-refractivity contribution in [2.75, 3.05) is 0 Å². The standard InChI is InChI=1S/C62H80B2O4/c1-13-15-17-19-21-23-37-61(38-24-22-20-18-16-14-2)53-39-47(63-65-57(5,6)58(7,8)66-63)33-35-49(53)51-42-56-52(41-54(51)61)50-36-34-48(64-67-59(9,10)60(11,12)68-64)40-55(50)62(56,45-29-25-43(3)26-30-45)46-31-27-44(4)28-32-46/h25-36,39-42H,13-24,37-38H2,1-12H3. The first-order valence-corrected chi connectivity index (χ1v) is 26.7. The van der Waals surface area contributed by atoms with Gasteiger partial charge in [0, 0.05) is 5.41 Å². The van der Waals surface area contributed by atoms with E-state index in [2.05, 4.69) is 180 Å². The summed E-state index contributed by atoms with van der Waals surface area (Å²) in [5, 5.41) is 0. The highest BCUT2D eigenvalue weighted by Crippen LogP contribution is 2.62. The third kappa shape index (κ3) is 8.39. The van der Waals surface area contributed by atoms with Crippen molar-refractivity contribution in [1.29, 1.82) is 0 Å². The molecule has 6 heteroatoms. The molecular weight excluding hydrogens is 830 g/mol. The molecule has 2 aliphatic carbocycles. The van der Waals surface area contributed by atoms with Gasteiger partial charge >= 0.3 is 14.2 Å². The largest absolute Gasteiger partial charge is 0.494 e. The number of hydrogen-bond donors (Lipinski definition) is 0. The van der Waals surface area contributed by atoms with Gasteiger partial charge in [-0.1, -0.05) is 187 Å². The zero-order valence-corrected chi connectivity index (χ0v) is 43.9. The van der Waals surface area contributed by atoms with Gasteiger partial charge in [0.25, 0.3) is 0 Å². The summed E-state index contributed by atoms with van der Waals surface area (Å²) in [6, 6.07) is 38.4. The molecule has 0 spiro atoms. The van der Waals surface area contributed by atoms with Gasteiger partial charge in [-0.15, -0.1) is 0 Å². The molecule has 9 rings (SSSR count). The summed E-state index contributed by atoms with van der Waals surface area (Å²) >= 11 is 0. The van der Waals surface area contributed by atoms with Crippen molar-refractivity contribution in [3.05, 3.63) is 142 Å². The van der Waals surface area contributed by atoms with Gasteiger partial charge in [0.15, 0.2) is 0 Å². The Kier molecular flexibility index (Phi) is 13.5. The van der Waals surface area contributed by atoms with Crippen molar-refractivity contribution < 1.29 is 18.6 Å². The van der Waals surface area contributed by atoms with Gasteiger partial charge in [-0.05, 0) is 161 Å². The highest BCUT2D eigenvalue weighted by atomic mass is 16.7. The minimum Gasteiger partial charge on any atom is -0.399 e. The monoisotopic (exact) mass is 911 g/mol. The number of aryl methyl sites for hydroxylation is 2. The quantitative estimate of drug-likeness (QED) is 0.0636. The lowest BCUT2D eigenvalue weighted by molar-refractivity contribution is 0.00578. The average molecular weight is 911 g/mol. The van der Waals surface area contributed by atoms with Crippen LogP contribution in [0.4, 0.5) is 0 Å². The van der Waals surface area contributed by atoms with Crippen LogP contribution in [0.15, 0.2) is 97.1 Å². The Bertz CT molecular complexity index is 2510. The van der Waals surface area contributed by atoms with Crippen molar-refractivity contribution in [2.24, 2.45) is 0 Å². The summed E-state index contributed by atoms with van der Waals surface area (Å²) in [6.45, 7) is 26.3. The molecule has 0 unspecified atom stereocenters. The maximum atomic E-state index is 6.80. The van der Waals surface area contributed by atoms with Gasteiger partial charge in [-0.25, -0.2) is 0 Å². The van der Waals surface area contributed by atoms with Gasteiger partial charge in [0.05, 0.1) is 27.8 Å². The third-order valence-corrected chi connectivity index (χ3v) is 17.6. The Balaban J connectivity index is 1.28. The van der Waals surface area contributed by atoms with E-state index < -0.39 is 42.1 Å². The van der Waals surface area contributed by atoms with Crippen LogP contribution in [0.1, 0.15) is 204 Å². The molecule has 0 amide bonds. The molecule has 68 heavy (non-hydrogen) atoms. The second-order valence-electron chi connectivity index (χ2n) is 23.3. The van der Waals surface area contributed by atoms with Crippen molar-refractivity contribution in [2.45, 2.75) is 206 Å². The van der Waals surface area contributed by atoms with Crippen LogP contribution in [-0.2, 0) is 29.4 Å². The van der Waals surface area contributed by atoms with Crippen LogP contribution < -0.4 is 10.9 Å². The first-order chi connectivity index (χ1) is 32.4. The highest BCUT2D eigenvalue weighted by molar-refractivity contribution is 6.62. The van der Waals surface area contributed by atoms with E-state index in [1.807, 2.05) is 0 Å². The van der Waals surface area contributed by atoms with Crippen LogP contribution >= 0.6 is 0 Å². The molecule has 0 radical (unpaired) electrons. The summed E-state index contributed by atoms with van der Waals surface area (Å²) in [5.74, 6) is 0. The average Bonchev–Trinajstić information content (AvgIpc) is 3.90. The number of hydrogen-bond acceptors (Lipinski definition) is 4. The zero-order chi connectivity index (χ0) is 48.3. The molecule has 0 N–H and O–H groups in total. The minimum atomic E-state index is -0.590. The molecule has 5 aromatic carbocycles. The van der Waals surface area contributed by atoms with Crippen LogP contribution in [0.3, 0.4) is 0 Å². The molecule has 2 saturated heterocycles. The fraction of sp³-hybridized carbons (Fsp3) is 0.516. The van der Waals surface area contributed by atoms with Gasteiger partial charge < -0.3 is 18.6 Å². The third-order valence-electron chi connectivity index (χ3n) is 17.6. The number of benzene rings is 5. The molecule has 0 aromatic heterocycles. The summed E-state index contributed by atoms with van der Waals surface area (Å²) in [4.78, 5) is 0. The van der Waals surface area contributed by atoms with Crippen molar-refractivity contribution in [3.63, 3.8) is 0 Å². The first-order valence-electron chi connectivity index (χ1n) is 26.7.